The topological polar surface area (TPSA) is 58.4 Å². The molecule has 0 saturated carbocycles. The highest BCUT2D eigenvalue weighted by molar-refractivity contribution is 5.98. The lowest BCUT2D eigenvalue weighted by atomic mass is 10.1. The van der Waals surface area contributed by atoms with E-state index in [1.807, 2.05) is 61.5 Å². The van der Waals surface area contributed by atoms with E-state index in [2.05, 4.69) is 17.6 Å². The molecule has 0 spiro atoms. The maximum Gasteiger partial charge on any atom is 0.265 e. The minimum atomic E-state index is -0.293. The first-order valence-corrected chi connectivity index (χ1v) is 6.67. The van der Waals surface area contributed by atoms with E-state index in [1.165, 1.54) is 0 Å². The molecule has 0 aromatic heterocycles. The van der Waals surface area contributed by atoms with Gasteiger partial charge in [-0.2, -0.15) is 0 Å². The summed E-state index contributed by atoms with van der Waals surface area (Å²) in [6, 6.07) is 15.5. The van der Waals surface area contributed by atoms with Crippen LogP contribution in [0.25, 0.3) is 12.2 Å². The summed E-state index contributed by atoms with van der Waals surface area (Å²) in [5.74, 6) is 4.90. The Morgan fingerprint density at radius 1 is 1.05 bits per heavy atom. The van der Waals surface area contributed by atoms with Crippen LogP contribution in [-0.2, 0) is 0 Å². The van der Waals surface area contributed by atoms with Gasteiger partial charge in [-0.15, -0.1) is 0 Å². The lowest BCUT2D eigenvalue weighted by Crippen LogP contribution is -2.30. The van der Waals surface area contributed by atoms with Crippen LogP contribution < -0.4 is 16.2 Å². The van der Waals surface area contributed by atoms with E-state index in [4.69, 9.17) is 5.84 Å². The van der Waals surface area contributed by atoms with Crippen molar-refractivity contribution >= 4 is 23.7 Å². The number of hydrazine groups is 1. The molecule has 0 aliphatic carbocycles. The Morgan fingerprint density at radius 3 is 2.33 bits per heavy atom. The van der Waals surface area contributed by atoms with E-state index in [0.717, 1.165) is 16.8 Å². The zero-order valence-electron chi connectivity index (χ0n) is 12.2. The zero-order chi connectivity index (χ0) is 15.2. The predicted molar refractivity (Wildman–Crippen MR) is 87.8 cm³/mol. The van der Waals surface area contributed by atoms with Gasteiger partial charge in [-0.1, -0.05) is 42.5 Å². The van der Waals surface area contributed by atoms with Gasteiger partial charge >= 0.3 is 0 Å². The van der Waals surface area contributed by atoms with Gasteiger partial charge in [0.15, 0.2) is 0 Å². The number of nitrogens with one attached hydrogen (secondary N) is 1. The third kappa shape index (κ3) is 3.70. The molecular weight excluding hydrogens is 262 g/mol. The van der Waals surface area contributed by atoms with Crippen molar-refractivity contribution in [3.8, 4) is 0 Å². The number of hydrogen-bond donors (Lipinski definition) is 2. The first-order valence-electron chi connectivity index (χ1n) is 6.67. The van der Waals surface area contributed by atoms with Crippen LogP contribution in [0, 0.1) is 0 Å². The molecule has 1 amide bonds. The largest absolute Gasteiger partial charge is 0.378 e. The maximum absolute atomic E-state index is 11.7. The van der Waals surface area contributed by atoms with Crippen molar-refractivity contribution in [3.05, 3.63) is 65.2 Å². The summed E-state index contributed by atoms with van der Waals surface area (Å²) in [5, 5.41) is 0. The van der Waals surface area contributed by atoms with E-state index in [9.17, 15) is 4.79 Å². The smallest absolute Gasteiger partial charge is 0.265 e. The van der Waals surface area contributed by atoms with Crippen LogP contribution in [0.3, 0.4) is 0 Å². The Bertz CT molecular complexity index is 645. The van der Waals surface area contributed by atoms with E-state index >= 15 is 0 Å². The van der Waals surface area contributed by atoms with Gasteiger partial charge in [0.05, 0.1) is 0 Å². The summed E-state index contributed by atoms with van der Waals surface area (Å²) in [6.07, 6.45) is 3.89. The van der Waals surface area contributed by atoms with Crippen molar-refractivity contribution in [2.24, 2.45) is 5.84 Å². The van der Waals surface area contributed by atoms with E-state index < -0.39 is 0 Å². The predicted octanol–water partition coefficient (Wildman–Crippen LogP) is 2.53. The van der Waals surface area contributed by atoms with Crippen molar-refractivity contribution < 1.29 is 4.79 Å². The number of nitrogens with zero attached hydrogens (tertiary/aromatic N) is 1. The summed E-state index contributed by atoms with van der Waals surface area (Å²) in [6.45, 7) is 0. The first kappa shape index (κ1) is 14.8. The molecular formula is C17H19N3O. The SMILES string of the molecule is CN(C)c1ccc(/C=C/c2ccccc2C(=O)NN)cc1. The summed E-state index contributed by atoms with van der Waals surface area (Å²) in [4.78, 5) is 13.7. The van der Waals surface area contributed by atoms with Gasteiger partial charge in [-0.25, -0.2) is 5.84 Å². The molecule has 0 bridgehead atoms. The number of hydrogen-bond acceptors (Lipinski definition) is 3. The normalized spacial score (nSPS) is 10.6. The number of nitrogens with two attached hydrogens (primary N) is 1. The zero-order valence-corrected chi connectivity index (χ0v) is 12.2. The second kappa shape index (κ2) is 6.72. The van der Waals surface area contributed by atoms with E-state index in [1.54, 1.807) is 6.07 Å². The molecule has 0 aliphatic rings. The Labute approximate surface area is 124 Å². The summed E-state index contributed by atoms with van der Waals surface area (Å²) in [7, 11) is 4.01. The fourth-order valence-corrected chi connectivity index (χ4v) is 2.00. The second-order valence-corrected chi connectivity index (χ2v) is 4.88. The Hall–Kier alpha value is -2.59. The highest BCUT2D eigenvalue weighted by Gasteiger charge is 2.06. The summed E-state index contributed by atoms with van der Waals surface area (Å²) < 4.78 is 0. The average Bonchev–Trinajstić information content (AvgIpc) is 2.52. The molecule has 0 radical (unpaired) electrons. The number of amides is 1. The maximum atomic E-state index is 11.7. The summed E-state index contributed by atoms with van der Waals surface area (Å²) in [5.41, 5.74) is 5.77. The minimum absolute atomic E-state index is 0.293. The highest BCUT2D eigenvalue weighted by Crippen LogP contribution is 2.16. The molecule has 0 aliphatic heterocycles. The Morgan fingerprint density at radius 2 is 1.71 bits per heavy atom. The van der Waals surface area contributed by atoms with E-state index in [0.29, 0.717) is 5.56 Å². The molecule has 0 atom stereocenters. The van der Waals surface area contributed by atoms with Crippen LogP contribution in [0.15, 0.2) is 48.5 Å². The third-order valence-electron chi connectivity index (χ3n) is 3.20. The van der Waals surface area contributed by atoms with E-state index in [-0.39, 0.29) is 5.91 Å². The van der Waals surface area contributed by atoms with Crippen molar-refractivity contribution in [1.29, 1.82) is 0 Å². The highest BCUT2D eigenvalue weighted by atomic mass is 16.2. The van der Waals surface area contributed by atoms with Crippen LogP contribution >= 0.6 is 0 Å². The van der Waals surface area contributed by atoms with Crippen LogP contribution in [0.2, 0.25) is 0 Å². The third-order valence-corrected chi connectivity index (χ3v) is 3.20. The number of anilines is 1. The number of carbonyl (C=O) groups excluding carboxylic acids is 1. The molecule has 108 valence electrons. The molecule has 4 nitrogen and oxygen atoms in total. The number of carbonyl (C=O) groups is 1. The molecule has 0 saturated heterocycles. The number of rotatable bonds is 4. The Kier molecular flexibility index (Phi) is 4.74. The van der Waals surface area contributed by atoms with Gasteiger partial charge in [0.25, 0.3) is 5.91 Å². The van der Waals surface area contributed by atoms with Crippen molar-refractivity contribution in [2.75, 3.05) is 19.0 Å². The fourth-order valence-electron chi connectivity index (χ4n) is 2.00. The minimum Gasteiger partial charge on any atom is -0.378 e. The van der Waals surface area contributed by atoms with Crippen LogP contribution in [0.4, 0.5) is 5.69 Å². The lowest BCUT2D eigenvalue weighted by Gasteiger charge is -2.11. The Balaban J connectivity index is 2.23. The molecule has 2 aromatic rings. The molecule has 2 aromatic carbocycles. The lowest BCUT2D eigenvalue weighted by molar-refractivity contribution is 0.0953. The molecule has 0 fully saturated rings. The van der Waals surface area contributed by atoms with Gasteiger partial charge in [0.2, 0.25) is 0 Å². The monoisotopic (exact) mass is 281 g/mol. The van der Waals surface area contributed by atoms with Crippen LogP contribution in [0.1, 0.15) is 21.5 Å². The van der Waals surface area contributed by atoms with Gasteiger partial charge in [-0.05, 0) is 29.3 Å². The van der Waals surface area contributed by atoms with Gasteiger partial charge in [0.1, 0.15) is 0 Å². The number of benzene rings is 2. The molecule has 3 N–H and O–H groups in total. The standard InChI is InChI=1S/C17H19N3O/c1-20(2)15-11-8-13(9-12-15)7-10-14-5-3-4-6-16(14)17(21)19-18/h3-12H,18H2,1-2H3,(H,19,21)/b10-7+. The average molecular weight is 281 g/mol. The van der Waals surface area contributed by atoms with Crippen LogP contribution in [-0.4, -0.2) is 20.0 Å². The molecule has 0 unspecified atom stereocenters. The molecule has 21 heavy (non-hydrogen) atoms. The van der Waals surface area contributed by atoms with Crippen LogP contribution in [0.5, 0.6) is 0 Å². The van der Waals surface area contributed by atoms with Crippen molar-refractivity contribution in [3.63, 3.8) is 0 Å². The van der Waals surface area contributed by atoms with Crippen molar-refractivity contribution in [2.45, 2.75) is 0 Å². The molecule has 2 rings (SSSR count). The first-order chi connectivity index (χ1) is 10.1. The van der Waals surface area contributed by atoms with Crippen molar-refractivity contribution in [1.82, 2.24) is 5.43 Å². The second-order valence-electron chi connectivity index (χ2n) is 4.88. The molecule has 0 heterocycles. The number of nitrogen functional groups attached to an aromatic ring is 1. The fraction of sp³-hybridized carbons (Fsp3) is 0.118. The summed E-state index contributed by atoms with van der Waals surface area (Å²) >= 11 is 0. The quantitative estimate of drug-likeness (QED) is 0.392. The van der Waals surface area contributed by atoms with Gasteiger partial charge in [0, 0.05) is 25.3 Å². The van der Waals surface area contributed by atoms with Gasteiger partial charge in [-0.3, -0.25) is 10.2 Å². The molecule has 4 heteroatoms. The van der Waals surface area contributed by atoms with Gasteiger partial charge < -0.3 is 4.90 Å².